The van der Waals surface area contributed by atoms with Crippen LogP contribution in [0.25, 0.3) is 6.08 Å². The van der Waals surface area contributed by atoms with Crippen molar-refractivity contribution in [2.75, 3.05) is 11.9 Å². The molecule has 0 saturated heterocycles. The Bertz CT molecular complexity index is 1080. The fourth-order valence-electron chi connectivity index (χ4n) is 2.58. The van der Waals surface area contributed by atoms with Crippen molar-refractivity contribution < 1.29 is 19.1 Å². The molecule has 30 heavy (non-hydrogen) atoms. The minimum Gasteiger partial charge on any atom is -0.483 e. The molecule has 0 bridgehead atoms. The molecule has 0 atom stereocenters. The van der Waals surface area contributed by atoms with Crippen LogP contribution in [-0.4, -0.2) is 29.5 Å². The minimum absolute atomic E-state index is 0.194. The van der Waals surface area contributed by atoms with Crippen molar-refractivity contribution in [3.63, 3.8) is 0 Å². The summed E-state index contributed by atoms with van der Waals surface area (Å²) < 4.78 is 6.47. The van der Waals surface area contributed by atoms with Crippen LogP contribution in [-0.2, 0) is 14.4 Å². The molecule has 0 aliphatic carbocycles. The van der Waals surface area contributed by atoms with Gasteiger partial charge in [-0.05, 0) is 60.7 Å². The molecule has 3 amide bonds. The van der Waals surface area contributed by atoms with Crippen LogP contribution in [0.1, 0.15) is 18.1 Å². The Kier molecular flexibility index (Phi) is 7.07. The number of hydrogen-bond acceptors (Lipinski definition) is 5. The van der Waals surface area contributed by atoms with Crippen LogP contribution in [0.5, 0.6) is 5.75 Å². The Hall–Kier alpha value is -2.91. The highest BCUT2D eigenvalue weighted by atomic mass is 79.9. The van der Waals surface area contributed by atoms with Crippen molar-refractivity contribution in [2.24, 2.45) is 4.99 Å². The van der Waals surface area contributed by atoms with Gasteiger partial charge in [-0.1, -0.05) is 28.1 Å². The lowest BCUT2D eigenvalue weighted by molar-refractivity contribution is -0.118. The number of amides is 3. The number of carbonyl (C=O) groups excluding carboxylic acids is 3. The predicted molar refractivity (Wildman–Crippen MR) is 121 cm³/mol. The maximum Gasteiger partial charge on any atom is 0.286 e. The first kappa shape index (κ1) is 21.8. The average Bonchev–Trinajstić information content (AvgIpc) is 2.99. The summed E-state index contributed by atoms with van der Waals surface area (Å²) in [5.74, 6) is -0.621. The van der Waals surface area contributed by atoms with E-state index in [1.165, 1.54) is 6.92 Å². The van der Waals surface area contributed by atoms with Gasteiger partial charge in [0.05, 0.1) is 4.91 Å². The van der Waals surface area contributed by atoms with Gasteiger partial charge < -0.3 is 15.4 Å². The lowest BCUT2D eigenvalue weighted by Gasteiger charge is -2.11. The highest BCUT2D eigenvalue weighted by molar-refractivity contribution is 9.10. The number of nitrogens with zero attached hydrogens (tertiary/aromatic N) is 1. The first-order chi connectivity index (χ1) is 14.3. The lowest BCUT2D eigenvalue weighted by Crippen LogP contribution is -2.23. The van der Waals surface area contributed by atoms with E-state index in [-0.39, 0.29) is 23.6 Å². The van der Waals surface area contributed by atoms with Crippen molar-refractivity contribution >= 4 is 62.3 Å². The van der Waals surface area contributed by atoms with Crippen LogP contribution in [0, 0.1) is 6.92 Å². The summed E-state index contributed by atoms with van der Waals surface area (Å²) in [7, 11) is 0. The molecule has 1 aliphatic heterocycles. The Labute approximate surface area is 186 Å². The van der Waals surface area contributed by atoms with E-state index in [9.17, 15) is 14.4 Å². The minimum atomic E-state index is -0.452. The van der Waals surface area contributed by atoms with Crippen molar-refractivity contribution in [3.05, 3.63) is 63.0 Å². The topological polar surface area (TPSA) is 96.9 Å². The zero-order valence-electron chi connectivity index (χ0n) is 16.2. The summed E-state index contributed by atoms with van der Waals surface area (Å²) >= 11 is 4.46. The predicted octanol–water partition coefficient (Wildman–Crippen LogP) is 3.88. The van der Waals surface area contributed by atoms with Gasteiger partial charge in [0, 0.05) is 22.6 Å². The van der Waals surface area contributed by atoms with Crippen molar-refractivity contribution in [1.82, 2.24) is 5.32 Å². The van der Waals surface area contributed by atoms with E-state index in [0.717, 1.165) is 21.8 Å². The van der Waals surface area contributed by atoms with Gasteiger partial charge in [-0.15, -0.1) is 0 Å². The van der Waals surface area contributed by atoms with Crippen LogP contribution < -0.4 is 15.4 Å². The molecule has 2 aromatic rings. The number of nitrogens with one attached hydrogen (secondary N) is 2. The zero-order valence-corrected chi connectivity index (χ0v) is 18.6. The molecular weight excluding hydrogens is 470 g/mol. The summed E-state index contributed by atoms with van der Waals surface area (Å²) in [6.07, 6.45) is 1.61. The molecule has 7 nitrogen and oxygen atoms in total. The molecule has 0 aromatic heterocycles. The van der Waals surface area contributed by atoms with E-state index >= 15 is 0 Å². The number of hydrogen-bond donors (Lipinski definition) is 2. The SMILES string of the molecule is CC(=O)NC1=NC(=O)C(=Cc2cc(Br)ccc2OCC(=O)Nc2cccc(C)c2)S1. The van der Waals surface area contributed by atoms with E-state index in [0.29, 0.717) is 21.9 Å². The highest BCUT2D eigenvalue weighted by Crippen LogP contribution is 2.32. The first-order valence-corrected chi connectivity index (χ1v) is 10.5. The maximum atomic E-state index is 12.2. The van der Waals surface area contributed by atoms with Crippen LogP contribution in [0.15, 0.2) is 56.8 Å². The molecule has 3 rings (SSSR count). The van der Waals surface area contributed by atoms with Gasteiger partial charge in [-0.2, -0.15) is 4.99 Å². The fraction of sp³-hybridized carbons (Fsp3) is 0.143. The molecule has 0 spiro atoms. The van der Waals surface area contributed by atoms with Gasteiger partial charge in [0.15, 0.2) is 11.8 Å². The van der Waals surface area contributed by atoms with Crippen LogP contribution >= 0.6 is 27.7 Å². The molecule has 0 unspecified atom stereocenters. The van der Waals surface area contributed by atoms with Crippen molar-refractivity contribution in [2.45, 2.75) is 13.8 Å². The molecule has 0 saturated carbocycles. The van der Waals surface area contributed by atoms with E-state index in [4.69, 9.17) is 4.74 Å². The molecule has 154 valence electrons. The standard InChI is InChI=1S/C21H18BrN3O4S/c1-12-4-3-5-16(8-12)24-19(27)11-29-17-7-6-15(22)9-14(17)10-18-20(28)25-21(30-18)23-13(2)26/h3-10H,11H2,1-2H3,(H,24,27)(H,23,25,26,28). The highest BCUT2D eigenvalue weighted by Gasteiger charge is 2.23. The first-order valence-electron chi connectivity index (χ1n) is 8.89. The molecular formula is C21H18BrN3O4S. The molecule has 2 aromatic carbocycles. The largest absolute Gasteiger partial charge is 0.483 e. The third kappa shape index (κ3) is 6.04. The third-order valence-corrected chi connectivity index (χ3v) is 5.21. The monoisotopic (exact) mass is 487 g/mol. The molecule has 0 fully saturated rings. The maximum absolute atomic E-state index is 12.2. The van der Waals surface area contributed by atoms with Crippen molar-refractivity contribution in [1.29, 1.82) is 0 Å². The van der Waals surface area contributed by atoms with E-state index in [2.05, 4.69) is 31.6 Å². The summed E-state index contributed by atoms with van der Waals surface area (Å²) in [6, 6.07) is 12.7. The Morgan fingerprint density at radius 1 is 1.20 bits per heavy atom. The van der Waals surface area contributed by atoms with Gasteiger partial charge in [0.2, 0.25) is 5.91 Å². The summed E-state index contributed by atoms with van der Waals surface area (Å²) in [6.45, 7) is 3.09. The van der Waals surface area contributed by atoms with E-state index in [1.54, 1.807) is 30.3 Å². The van der Waals surface area contributed by atoms with Gasteiger partial charge in [-0.25, -0.2) is 0 Å². The number of halogens is 1. The number of benzene rings is 2. The molecule has 1 heterocycles. The molecule has 1 aliphatic rings. The number of amidine groups is 1. The van der Waals surface area contributed by atoms with Gasteiger partial charge in [0.1, 0.15) is 5.75 Å². The summed E-state index contributed by atoms with van der Waals surface area (Å²) in [4.78, 5) is 39.7. The van der Waals surface area contributed by atoms with Gasteiger partial charge in [-0.3, -0.25) is 14.4 Å². The number of thioether (sulfide) groups is 1. The number of aliphatic imine (C=N–C) groups is 1. The van der Waals surface area contributed by atoms with Crippen LogP contribution in [0.3, 0.4) is 0 Å². The third-order valence-electron chi connectivity index (χ3n) is 3.82. The van der Waals surface area contributed by atoms with E-state index in [1.807, 2.05) is 25.1 Å². The smallest absolute Gasteiger partial charge is 0.286 e. The van der Waals surface area contributed by atoms with Crippen LogP contribution in [0.4, 0.5) is 5.69 Å². The Balaban J connectivity index is 1.70. The molecule has 0 radical (unpaired) electrons. The number of anilines is 1. The number of carbonyl (C=O) groups is 3. The quantitative estimate of drug-likeness (QED) is 0.623. The second-order valence-corrected chi connectivity index (χ2v) is 8.35. The Morgan fingerprint density at radius 2 is 2.00 bits per heavy atom. The second-order valence-electron chi connectivity index (χ2n) is 6.40. The molecule has 2 N–H and O–H groups in total. The van der Waals surface area contributed by atoms with Crippen molar-refractivity contribution in [3.8, 4) is 5.75 Å². The number of ether oxygens (including phenoxy) is 1. The second kappa shape index (κ2) is 9.73. The number of rotatable bonds is 5. The molecule has 9 heteroatoms. The number of aryl methyl sites for hydroxylation is 1. The zero-order chi connectivity index (χ0) is 21.7. The fourth-order valence-corrected chi connectivity index (χ4v) is 3.81. The van der Waals surface area contributed by atoms with Gasteiger partial charge >= 0.3 is 0 Å². The average molecular weight is 488 g/mol. The van der Waals surface area contributed by atoms with Crippen LogP contribution in [0.2, 0.25) is 0 Å². The lowest BCUT2D eigenvalue weighted by atomic mass is 10.2. The Morgan fingerprint density at radius 3 is 2.73 bits per heavy atom. The summed E-state index contributed by atoms with van der Waals surface area (Å²) in [5, 5.41) is 5.51. The summed E-state index contributed by atoms with van der Waals surface area (Å²) in [5.41, 5.74) is 2.33. The normalized spacial score (nSPS) is 14.4. The van der Waals surface area contributed by atoms with E-state index < -0.39 is 5.91 Å². The van der Waals surface area contributed by atoms with Gasteiger partial charge in [0.25, 0.3) is 11.8 Å².